The Balaban J connectivity index is 1.60. The van der Waals surface area contributed by atoms with E-state index in [0.29, 0.717) is 6.54 Å². The molecule has 1 N–H and O–H groups in total. The summed E-state index contributed by atoms with van der Waals surface area (Å²) in [5, 5.41) is 23.0. The second-order valence-electron chi connectivity index (χ2n) is 4.83. The van der Waals surface area contributed by atoms with Crippen molar-refractivity contribution in [1.29, 1.82) is 0 Å². The topological polar surface area (TPSA) is 98.5 Å². The minimum absolute atomic E-state index is 0.150. The van der Waals surface area contributed by atoms with E-state index in [4.69, 9.17) is 0 Å². The Morgan fingerprint density at radius 2 is 2.17 bits per heavy atom. The van der Waals surface area contributed by atoms with Crippen LogP contribution in [0.5, 0.6) is 0 Å². The van der Waals surface area contributed by atoms with Crippen LogP contribution in [-0.4, -0.2) is 48.6 Å². The molecule has 8 nitrogen and oxygen atoms in total. The van der Waals surface area contributed by atoms with Crippen LogP contribution in [-0.2, 0) is 4.79 Å². The van der Waals surface area contributed by atoms with Gasteiger partial charge in [-0.25, -0.2) is 4.68 Å². The minimum Gasteiger partial charge on any atom is -0.353 e. The molecule has 0 radical (unpaired) electrons. The van der Waals surface area contributed by atoms with Gasteiger partial charge in [-0.2, -0.15) is 0 Å². The molecule has 1 amide bonds. The molecule has 0 saturated carbocycles. The average molecular weight is 361 g/mol. The molecule has 3 aromatic rings. The van der Waals surface area contributed by atoms with Crippen molar-refractivity contribution in [2.45, 2.75) is 17.3 Å². The summed E-state index contributed by atoms with van der Waals surface area (Å²) in [4.78, 5) is 12.6. The van der Waals surface area contributed by atoms with Crippen LogP contribution < -0.4 is 5.32 Å². The zero-order chi connectivity index (χ0) is 16.8. The van der Waals surface area contributed by atoms with Gasteiger partial charge in [-0.1, -0.05) is 53.4 Å². The molecule has 2 heterocycles. The van der Waals surface area contributed by atoms with E-state index in [2.05, 4.69) is 31.0 Å². The Morgan fingerprint density at radius 1 is 1.33 bits per heavy atom. The Bertz CT molecular complexity index is 776. The molecular formula is C14H15N7OS2. The highest BCUT2D eigenvalue weighted by Gasteiger charge is 2.23. The summed E-state index contributed by atoms with van der Waals surface area (Å²) in [7, 11) is 0. The number of benzene rings is 1. The third kappa shape index (κ3) is 4.15. The first-order valence-electron chi connectivity index (χ1n) is 7.22. The van der Waals surface area contributed by atoms with Crippen molar-refractivity contribution < 1.29 is 4.79 Å². The van der Waals surface area contributed by atoms with Crippen LogP contribution in [0.4, 0.5) is 0 Å². The Labute approximate surface area is 146 Å². The first kappa shape index (κ1) is 16.5. The van der Waals surface area contributed by atoms with Gasteiger partial charge in [0.05, 0.1) is 0 Å². The lowest BCUT2D eigenvalue weighted by Crippen LogP contribution is -2.35. The number of nitrogens with one attached hydrogen (secondary N) is 1. The van der Waals surface area contributed by atoms with Gasteiger partial charge in [-0.3, -0.25) is 4.79 Å². The molecule has 0 saturated heterocycles. The molecule has 0 spiro atoms. The van der Waals surface area contributed by atoms with Crippen molar-refractivity contribution in [3.05, 3.63) is 47.2 Å². The van der Waals surface area contributed by atoms with Gasteiger partial charge < -0.3 is 5.32 Å². The van der Waals surface area contributed by atoms with Crippen LogP contribution in [0.2, 0.25) is 0 Å². The predicted octanol–water partition coefficient (Wildman–Crippen LogP) is 1.33. The number of hydrogen-bond donors (Lipinski definition) is 1. The standard InChI is InChI=1S/C14H15N7OS2/c1-10-17-18-14(24-10)23-8-7-15-13(22)12(21-9-16-19-20-21)11-5-3-2-4-6-11/h2-6,9,12H,7-8H2,1H3,(H,15,22). The number of amides is 1. The SMILES string of the molecule is Cc1nnc(SCCNC(=O)C(c2ccccc2)n2cnnn2)s1. The zero-order valence-electron chi connectivity index (χ0n) is 12.9. The summed E-state index contributed by atoms with van der Waals surface area (Å²) in [6.07, 6.45) is 1.44. The maximum absolute atomic E-state index is 12.6. The molecule has 3 rings (SSSR count). The van der Waals surface area contributed by atoms with Crippen molar-refractivity contribution in [1.82, 2.24) is 35.7 Å². The molecule has 0 bridgehead atoms. The van der Waals surface area contributed by atoms with E-state index in [1.54, 1.807) is 23.1 Å². The van der Waals surface area contributed by atoms with E-state index in [1.807, 2.05) is 37.3 Å². The molecule has 0 aliphatic rings. The number of nitrogens with zero attached hydrogens (tertiary/aromatic N) is 6. The molecular weight excluding hydrogens is 346 g/mol. The van der Waals surface area contributed by atoms with E-state index in [-0.39, 0.29) is 5.91 Å². The molecule has 2 aromatic heterocycles. The molecule has 0 aliphatic carbocycles. The van der Waals surface area contributed by atoms with Crippen LogP contribution in [0.15, 0.2) is 41.0 Å². The lowest BCUT2D eigenvalue weighted by atomic mass is 10.1. The lowest BCUT2D eigenvalue weighted by Gasteiger charge is -2.16. The van der Waals surface area contributed by atoms with E-state index in [1.165, 1.54) is 11.0 Å². The number of tetrazole rings is 1. The zero-order valence-corrected chi connectivity index (χ0v) is 14.5. The number of aromatic nitrogens is 6. The molecule has 24 heavy (non-hydrogen) atoms. The van der Waals surface area contributed by atoms with Crippen LogP contribution >= 0.6 is 23.1 Å². The predicted molar refractivity (Wildman–Crippen MR) is 90.8 cm³/mol. The fourth-order valence-electron chi connectivity index (χ4n) is 2.09. The Hall–Kier alpha value is -2.33. The normalized spacial score (nSPS) is 12.0. The van der Waals surface area contributed by atoms with Gasteiger partial charge in [0.25, 0.3) is 0 Å². The van der Waals surface area contributed by atoms with Crippen molar-refractivity contribution >= 4 is 29.0 Å². The highest BCUT2D eigenvalue weighted by molar-refractivity contribution is 8.01. The van der Waals surface area contributed by atoms with E-state index in [9.17, 15) is 4.79 Å². The second-order valence-corrected chi connectivity index (χ2v) is 7.35. The quantitative estimate of drug-likeness (QED) is 0.501. The second kappa shape index (κ2) is 7.97. The molecule has 1 aromatic carbocycles. The number of hydrogen-bond acceptors (Lipinski definition) is 8. The maximum Gasteiger partial charge on any atom is 0.249 e. The number of aryl methyl sites for hydroxylation is 1. The molecule has 10 heteroatoms. The summed E-state index contributed by atoms with van der Waals surface area (Å²) in [5.41, 5.74) is 0.828. The van der Waals surface area contributed by atoms with Crippen molar-refractivity contribution in [3.8, 4) is 0 Å². The maximum atomic E-state index is 12.6. The fraction of sp³-hybridized carbons (Fsp3) is 0.286. The number of thioether (sulfide) groups is 1. The van der Waals surface area contributed by atoms with Crippen molar-refractivity contribution in [2.24, 2.45) is 0 Å². The van der Waals surface area contributed by atoms with E-state index >= 15 is 0 Å². The lowest BCUT2D eigenvalue weighted by molar-refractivity contribution is -0.123. The summed E-state index contributed by atoms with van der Waals surface area (Å²) in [6.45, 7) is 2.44. The molecule has 1 atom stereocenters. The smallest absolute Gasteiger partial charge is 0.249 e. The van der Waals surface area contributed by atoms with Crippen LogP contribution in [0.1, 0.15) is 16.6 Å². The van der Waals surface area contributed by atoms with Gasteiger partial charge in [0, 0.05) is 12.3 Å². The first-order chi connectivity index (χ1) is 11.7. The number of rotatable bonds is 7. The highest BCUT2D eigenvalue weighted by atomic mass is 32.2. The van der Waals surface area contributed by atoms with E-state index < -0.39 is 6.04 Å². The summed E-state index contributed by atoms with van der Waals surface area (Å²) >= 11 is 3.12. The average Bonchev–Trinajstić information content (AvgIpc) is 3.25. The van der Waals surface area contributed by atoms with Crippen molar-refractivity contribution in [2.75, 3.05) is 12.3 Å². The Kier molecular flexibility index (Phi) is 5.49. The number of carbonyl (C=O) groups excluding carboxylic acids is 1. The van der Waals surface area contributed by atoms with E-state index in [0.717, 1.165) is 20.7 Å². The summed E-state index contributed by atoms with van der Waals surface area (Å²) in [5.74, 6) is 0.569. The highest BCUT2D eigenvalue weighted by Crippen LogP contribution is 2.21. The van der Waals surface area contributed by atoms with Crippen LogP contribution in [0.3, 0.4) is 0 Å². The van der Waals surface area contributed by atoms with Gasteiger partial charge >= 0.3 is 0 Å². The Morgan fingerprint density at radius 3 is 2.83 bits per heavy atom. The monoisotopic (exact) mass is 361 g/mol. The largest absolute Gasteiger partial charge is 0.353 e. The van der Waals surface area contributed by atoms with Gasteiger partial charge in [-0.15, -0.1) is 15.3 Å². The molecule has 1 unspecified atom stereocenters. The van der Waals surface area contributed by atoms with Gasteiger partial charge in [-0.05, 0) is 22.9 Å². The van der Waals surface area contributed by atoms with Gasteiger partial charge in [0.15, 0.2) is 10.4 Å². The molecule has 124 valence electrons. The van der Waals surface area contributed by atoms with Crippen molar-refractivity contribution in [3.63, 3.8) is 0 Å². The third-order valence-electron chi connectivity index (χ3n) is 3.13. The van der Waals surface area contributed by atoms with Gasteiger partial charge in [0.2, 0.25) is 5.91 Å². The van der Waals surface area contributed by atoms with Gasteiger partial charge in [0.1, 0.15) is 11.3 Å². The summed E-state index contributed by atoms with van der Waals surface area (Å²) in [6, 6.07) is 8.84. The summed E-state index contributed by atoms with van der Waals surface area (Å²) < 4.78 is 2.35. The van der Waals surface area contributed by atoms with Crippen LogP contribution in [0, 0.1) is 6.92 Å². The fourth-order valence-corrected chi connectivity index (χ4v) is 3.83. The first-order valence-corrected chi connectivity index (χ1v) is 9.02. The third-order valence-corrected chi connectivity index (χ3v) is 5.10. The van der Waals surface area contributed by atoms with Crippen LogP contribution in [0.25, 0.3) is 0 Å². The molecule has 0 aliphatic heterocycles. The minimum atomic E-state index is -0.588. The number of carbonyl (C=O) groups is 1. The molecule has 0 fully saturated rings.